The van der Waals surface area contributed by atoms with Crippen LogP contribution in [0.15, 0.2) is 23.8 Å². The molecule has 0 bridgehead atoms. The van der Waals surface area contributed by atoms with Gasteiger partial charge in [0.15, 0.2) is 0 Å². The van der Waals surface area contributed by atoms with E-state index < -0.39 is 0 Å². The molecule has 0 radical (unpaired) electrons. The Morgan fingerprint density at radius 1 is 1.75 bits per heavy atom. The van der Waals surface area contributed by atoms with Crippen LogP contribution in [0.2, 0.25) is 0 Å². The summed E-state index contributed by atoms with van der Waals surface area (Å²) in [5.41, 5.74) is 2.42. The molecule has 1 rings (SSSR count). The lowest BCUT2D eigenvalue weighted by atomic mass is 9.80. The Balaban J connectivity index is 2.70. The third kappa shape index (κ3) is 1.84. The summed E-state index contributed by atoms with van der Waals surface area (Å²) in [6.07, 6.45) is 5.25. The predicted octanol–water partition coefficient (Wildman–Crippen LogP) is 2.73. The first-order chi connectivity index (χ1) is 5.65. The molecule has 0 unspecified atom stereocenters. The van der Waals surface area contributed by atoms with Gasteiger partial charge in [-0.25, -0.2) is 0 Å². The molecule has 1 heteroatoms. The molecule has 2 atom stereocenters. The average molecular weight is 164 g/mol. The molecule has 12 heavy (non-hydrogen) atoms. The summed E-state index contributed by atoms with van der Waals surface area (Å²) in [5, 5.41) is 0. The largest absolute Gasteiger partial charge is 0.303 e. The molecule has 1 aliphatic rings. The monoisotopic (exact) mass is 164 g/mol. The normalized spacial score (nSPS) is 29.3. The summed E-state index contributed by atoms with van der Waals surface area (Å²) in [4.78, 5) is 10.7. The van der Waals surface area contributed by atoms with Crippen molar-refractivity contribution in [2.24, 2.45) is 11.8 Å². The molecule has 0 saturated heterocycles. The van der Waals surface area contributed by atoms with E-state index in [0.29, 0.717) is 5.92 Å². The van der Waals surface area contributed by atoms with Gasteiger partial charge in [-0.2, -0.15) is 0 Å². The first-order valence-corrected chi connectivity index (χ1v) is 4.42. The second-order valence-electron chi connectivity index (χ2n) is 3.71. The SMILES string of the molecule is C=C(C)[C@H]1CC=C(C)[C@@H](C=O)C1. The van der Waals surface area contributed by atoms with Crippen molar-refractivity contribution in [3.05, 3.63) is 23.8 Å². The minimum absolute atomic E-state index is 0.139. The molecule has 0 aromatic heterocycles. The summed E-state index contributed by atoms with van der Waals surface area (Å²) in [6, 6.07) is 0. The maximum Gasteiger partial charge on any atom is 0.127 e. The van der Waals surface area contributed by atoms with Crippen molar-refractivity contribution in [2.75, 3.05) is 0 Å². The van der Waals surface area contributed by atoms with Gasteiger partial charge in [0.05, 0.1) is 0 Å². The first-order valence-electron chi connectivity index (χ1n) is 4.42. The zero-order valence-electron chi connectivity index (χ0n) is 7.84. The van der Waals surface area contributed by atoms with Crippen LogP contribution in [-0.2, 0) is 4.79 Å². The van der Waals surface area contributed by atoms with Gasteiger partial charge in [-0.05, 0) is 32.6 Å². The standard InChI is InChI=1S/C11H16O/c1-8(2)10-5-4-9(3)11(6-10)7-12/h4,7,10-11H,1,5-6H2,2-3H3/t10-,11+/m0/s1. The minimum Gasteiger partial charge on any atom is -0.303 e. The summed E-state index contributed by atoms with van der Waals surface area (Å²) in [7, 11) is 0. The Morgan fingerprint density at radius 3 is 2.92 bits per heavy atom. The van der Waals surface area contributed by atoms with Gasteiger partial charge in [0.1, 0.15) is 6.29 Å². The summed E-state index contributed by atoms with van der Waals surface area (Å²) < 4.78 is 0. The quantitative estimate of drug-likeness (QED) is 0.453. The molecule has 0 aliphatic heterocycles. The molecule has 0 aromatic carbocycles. The van der Waals surface area contributed by atoms with E-state index in [4.69, 9.17) is 0 Å². The fourth-order valence-electron chi connectivity index (χ4n) is 1.63. The van der Waals surface area contributed by atoms with E-state index in [-0.39, 0.29) is 5.92 Å². The third-order valence-electron chi connectivity index (χ3n) is 2.71. The van der Waals surface area contributed by atoms with Crippen LogP contribution >= 0.6 is 0 Å². The lowest BCUT2D eigenvalue weighted by Gasteiger charge is -2.25. The second-order valence-corrected chi connectivity index (χ2v) is 3.71. The van der Waals surface area contributed by atoms with Crippen LogP contribution in [0.3, 0.4) is 0 Å². The van der Waals surface area contributed by atoms with E-state index in [0.717, 1.165) is 19.1 Å². The molecule has 0 spiro atoms. The van der Waals surface area contributed by atoms with Gasteiger partial charge in [-0.15, -0.1) is 0 Å². The van der Waals surface area contributed by atoms with Crippen molar-refractivity contribution in [1.82, 2.24) is 0 Å². The number of allylic oxidation sites excluding steroid dienone is 3. The van der Waals surface area contributed by atoms with Crippen LogP contribution in [0, 0.1) is 11.8 Å². The molecular formula is C11H16O. The molecular weight excluding hydrogens is 148 g/mol. The minimum atomic E-state index is 0.139. The zero-order valence-corrected chi connectivity index (χ0v) is 7.84. The van der Waals surface area contributed by atoms with Crippen molar-refractivity contribution in [2.45, 2.75) is 26.7 Å². The van der Waals surface area contributed by atoms with E-state index in [1.807, 2.05) is 13.8 Å². The molecule has 0 fully saturated rings. The molecule has 0 N–H and O–H groups in total. The highest BCUT2D eigenvalue weighted by molar-refractivity contribution is 5.59. The lowest BCUT2D eigenvalue weighted by Crippen LogP contribution is -2.16. The lowest BCUT2D eigenvalue weighted by molar-refractivity contribution is -0.110. The maximum absolute atomic E-state index is 10.7. The van der Waals surface area contributed by atoms with Gasteiger partial charge < -0.3 is 4.79 Å². The van der Waals surface area contributed by atoms with Crippen molar-refractivity contribution in [3.63, 3.8) is 0 Å². The summed E-state index contributed by atoms with van der Waals surface area (Å²) in [5.74, 6) is 0.657. The van der Waals surface area contributed by atoms with Crippen LogP contribution in [0.1, 0.15) is 26.7 Å². The van der Waals surface area contributed by atoms with E-state index in [2.05, 4.69) is 12.7 Å². The fourth-order valence-corrected chi connectivity index (χ4v) is 1.63. The molecule has 0 aromatic rings. The molecule has 66 valence electrons. The molecule has 0 saturated carbocycles. The zero-order chi connectivity index (χ0) is 9.14. The number of rotatable bonds is 2. The Hall–Kier alpha value is -0.850. The summed E-state index contributed by atoms with van der Waals surface area (Å²) >= 11 is 0. The van der Waals surface area contributed by atoms with Gasteiger partial charge in [-0.3, -0.25) is 0 Å². The van der Waals surface area contributed by atoms with Crippen molar-refractivity contribution in [1.29, 1.82) is 0 Å². The Bertz CT molecular complexity index is 225. The summed E-state index contributed by atoms with van der Waals surface area (Å²) in [6.45, 7) is 8.01. The molecule has 0 heterocycles. The Labute approximate surface area is 74.2 Å². The average Bonchev–Trinajstić information content (AvgIpc) is 2.05. The van der Waals surface area contributed by atoms with Crippen LogP contribution in [-0.4, -0.2) is 6.29 Å². The Morgan fingerprint density at radius 2 is 2.42 bits per heavy atom. The number of carbonyl (C=O) groups excluding carboxylic acids is 1. The van der Waals surface area contributed by atoms with Gasteiger partial charge in [0, 0.05) is 5.92 Å². The maximum atomic E-state index is 10.7. The van der Waals surface area contributed by atoms with E-state index in [9.17, 15) is 4.79 Å². The molecule has 1 nitrogen and oxygen atoms in total. The first kappa shape index (κ1) is 9.24. The predicted molar refractivity (Wildman–Crippen MR) is 50.8 cm³/mol. The number of hydrogen-bond donors (Lipinski definition) is 0. The second kappa shape index (κ2) is 3.70. The van der Waals surface area contributed by atoms with Gasteiger partial charge in [-0.1, -0.05) is 23.8 Å². The smallest absolute Gasteiger partial charge is 0.127 e. The van der Waals surface area contributed by atoms with Crippen LogP contribution in [0.4, 0.5) is 0 Å². The Kier molecular flexibility index (Phi) is 2.85. The number of hydrogen-bond acceptors (Lipinski definition) is 1. The molecule has 0 amide bonds. The highest BCUT2D eigenvalue weighted by Crippen LogP contribution is 2.31. The van der Waals surface area contributed by atoms with Crippen molar-refractivity contribution in [3.8, 4) is 0 Å². The van der Waals surface area contributed by atoms with Crippen LogP contribution in [0.25, 0.3) is 0 Å². The topological polar surface area (TPSA) is 17.1 Å². The van der Waals surface area contributed by atoms with E-state index in [1.165, 1.54) is 11.1 Å². The number of aldehydes is 1. The van der Waals surface area contributed by atoms with E-state index in [1.54, 1.807) is 0 Å². The van der Waals surface area contributed by atoms with Gasteiger partial charge >= 0.3 is 0 Å². The number of carbonyl (C=O) groups is 1. The van der Waals surface area contributed by atoms with Crippen molar-refractivity contribution < 1.29 is 4.79 Å². The van der Waals surface area contributed by atoms with Gasteiger partial charge in [0.25, 0.3) is 0 Å². The van der Waals surface area contributed by atoms with Crippen LogP contribution < -0.4 is 0 Å². The van der Waals surface area contributed by atoms with E-state index >= 15 is 0 Å². The van der Waals surface area contributed by atoms with Gasteiger partial charge in [0.2, 0.25) is 0 Å². The highest BCUT2D eigenvalue weighted by Gasteiger charge is 2.21. The molecule has 1 aliphatic carbocycles. The highest BCUT2D eigenvalue weighted by atomic mass is 16.1. The fraction of sp³-hybridized carbons (Fsp3) is 0.545. The van der Waals surface area contributed by atoms with Crippen molar-refractivity contribution >= 4 is 6.29 Å². The third-order valence-corrected chi connectivity index (χ3v) is 2.71. The van der Waals surface area contributed by atoms with Crippen LogP contribution in [0.5, 0.6) is 0 Å².